The lowest BCUT2D eigenvalue weighted by Gasteiger charge is -2.13. The minimum absolute atomic E-state index is 0.00195. The molecular formula is C16H17ClN2O2. The van der Waals surface area contributed by atoms with Crippen LogP contribution in [0.3, 0.4) is 0 Å². The number of hydrogen-bond donors (Lipinski definition) is 3. The number of phenolic OH excluding ortho intramolecular Hbond substituents is 1. The van der Waals surface area contributed by atoms with Crippen molar-refractivity contribution in [2.75, 3.05) is 12.4 Å². The van der Waals surface area contributed by atoms with Gasteiger partial charge in [-0.1, -0.05) is 23.7 Å². The van der Waals surface area contributed by atoms with E-state index in [0.717, 1.165) is 5.56 Å². The first-order valence-corrected chi connectivity index (χ1v) is 6.96. The largest absolute Gasteiger partial charge is 0.508 e. The van der Waals surface area contributed by atoms with Crippen LogP contribution in [0.5, 0.6) is 5.75 Å². The summed E-state index contributed by atoms with van der Waals surface area (Å²) in [5, 5.41) is 15.7. The van der Waals surface area contributed by atoms with Gasteiger partial charge < -0.3 is 15.7 Å². The van der Waals surface area contributed by atoms with Gasteiger partial charge in [0, 0.05) is 11.7 Å². The van der Waals surface area contributed by atoms with E-state index in [9.17, 15) is 9.90 Å². The van der Waals surface area contributed by atoms with Gasteiger partial charge in [-0.05, 0) is 49.9 Å². The third-order valence-electron chi connectivity index (χ3n) is 3.27. The monoisotopic (exact) mass is 304 g/mol. The van der Waals surface area contributed by atoms with Crippen LogP contribution in [0.1, 0.15) is 28.9 Å². The molecule has 0 radical (unpaired) electrons. The Morgan fingerprint density at radius 1 is 1.24 bits per heavy atom. The summed E-state index contributed by atoms with van der Waals surface area (Å²) in [4.78, 5) is 12.2. The molecular weight excluding hydrogens is 288 g/mol. The minimum Gasteiger partial charge on any atom is -0.508 e. The smallest absolute Gasteiger partial charge is 0.257 e. The summed E-state index contributed by atoms with van der Waals surface area (Å²) >= 11 is 5.98. The highest BCUT2D eigenvalue weighted by atomic mass is 35.5. The van der Waals surface area contributed by atoms with Gasteiger partial charge >= 0.3 is 0 Å². The van der Waals surface area contributed by atoms with E-state index in [1.54, 1.807) is 6.07 Å². The third kappa shape index (κ3) is 3.74. The first-order chi connectivity index (χ1) is 10.0. The van der Waals surface area contributed by atoms with E-state index in [-0.39, 0.29) is 23.3 Å². The second kappa shape index (κ2) is 6.61. The van der Waals surface area contributed by atoms with Gasteiger partial charge in [0.1, 0.15) is 5.75 Å². The highest BCUT2D eigenvalue weighted by Gasteiger charge is 2.12. The van der Waals surface area contributed by atoms with E-state index < -0.39 is 0 Å². The Kier molecular flexibility index (Phi) is 4.83. The van der Waals surface area contributed by atoms with Crippen LogP contribution in [-0.4, -0.2) is 18.1 Å². The van der Waals surface area contributed by atoms with Crippen molar-refractivity contribution in [3.05, 3.63) is 58.6 Å². The van der Waals surface area contributed by atoms with Crippen LogP contribution in [0.2, 0.25) is 5.02 Å². The van der Waals surface area contributed by atoms with Crippen molar-refractivity contribution in [1.29, 1.82) is 0 Å². The van der Waals surface area contributed by atoms with E-state index in [2.05, 4.69) is 10.6 Å². The second-order valence-electron chi connectivity index (χ2n) is 4.75. The molecule has 5 heteroatoms. The Bertz CT molecular complexity index is 658. The number of anilines is 1. The molecule has 0 aromatic heterocycles. The molecule has 0 aliphatic heterocycles. The Labute approximate surface area is 128 Å². The zero-order valence-corrected chi connectivity index (χ0v) is 12.6. The Balaban J connectivity index is 2.21. The van der Waals surface area contributed by atoms with Crippen LogP contribution in [0.4, 0.5) is 5.69 Å². The number of hydrogen-bond acceptors (Lipinski definition) is 3. The predicted octanol–water partition coefficient (Wildman–Crippen LogP) is 3.58. The van der Waals surface area contributed by atoms with Crippen LogP contribution in [0.15, 0.2) is 42.5 Å². The number of phenols is 1. The number of aromatic hydroxyl groups is 1. The summed E-state index contributed by atoms with van der Waals surface area (Å²) in [6, 6.07) is 12.0. The van der Waals surface area contributed by atoms with Crippen LogP contribution in [-0.2, 0) is 0 Å². The normalized spacial score (nSPS) is 12.0. The molecule has 0 saturated carbocycles. The molecule has 0 saturated heterocycles. The minimum atomic E-state index is -0.356. The first kappa shape index (κ1) is 15.4. The standard InChI is InChI=1S/C16H17ClN2O2/c1-10(18-2)11-4-3-5-12(8-11)19-16(21)14-9-13(20)6-7-15(14)17/h3-10,18,20H,1-2H3,(H,19,21). The third-order valence-corrected chi connectivity index (χ3v) is 3.60. The van der Waals surface area contributed by atoms with Crippen molar-refractivity contribution >= 4 is 23.2 Å². The number of rotatable bonds is 4. The van der Waals surface area contributed by atoms with Gasteiger partial charge in [-0.3, -0.25) is 4.79 Å². The number of carbonyl (C=O) groups is 1. The second-order valence-corrected chi connectivity index (χ2v) is 5.16. The average Bonchev–Trinajstić information content (AvgIpc) is 2.49. The molecule has 0 aliphatic rings. The summed E-state index contributed by atoms with van der Waals surface area (Å²) in [6.45, 7) is 2.03. The topological polar surface area (TPSA) is 61.4 Å². The van der Waals surface area contributed by atoms with Crippen molar-refractivity contribution in [2.45, 2.75) is 13.0 Å². The lowest BCUT2D eigenvalue weighted by Crippen LogP contribution is -2.15. The summed E-state index contributed by atoms with van der Waals surface area (Å²) in [5.74, 6) is -0.354. The van der Waals surface area contributed by atoms with Crippen LogP contribution >= 0.6 is 11.6 Å². The first-order valence-electron chi connectivity index (χ1n) is 6.58. The SMILES string of the molecule is CNC(C)c1cccc(NC(=O)c2cc(O)ccc2Cl)c1. The van der Waals surface area contributed by atoms with Gasteiger partial charge in [0.15, 0.2) is 0 Å². The molecule has 110 valence electrons. The number of benzene rings is 2. The van der Waals surface area contributed by atoms with Gasteiger partial charge in [-0.2, -0.15) is 0 Å². The lowest BCUT2D eigenvalue weighted by molar-refractivity contribution is 0.102. The summed E-state index contributed by atoms with van der Waals surface area (Å²) in [7, 11) is 1.88. The quantitative estimate of drug-likeness (QED) is 0.809. The van der Waals surface area contributed by atoms with Crippen molar-refractivity contribution in [1.82, 2.24) is 5.32 Å². The van der Waals surface area contributed by atoms with Gasteiger partial charge in [-0.15, -0.1) is 0 Å². The molecule has 0 fully saturated rings. The molecule has 21 heavy (non-hydrogen) atoms. The maximum absolute atomic E-state index is 12.2. The molecule has 2 aromatic carbocycles. The van der Waals surface area contributed by atoms with Gasteiger partial charge in [-0.25, -0.2) is 0 Å². The molecule has 3 N–H and O–H groups in total. The van der Waals surface area contributed by atoms with Gasteiger partial charge in [0.2, 0.25) is 0 Å². The number of nitrogens with one attached hydrogen (secondary N) is 2. The maximum Gasteiger partial charge on any atom is 0.257 e. The highest BCUT2D eigenvalue weighted by molar-refractivity contribution is 6.34. The number of halogens is 1. The Morgan fingerprint density at radius 3 is 2.71 bits per heavy atom. The fourth-order valence-corrected chi connectivity index (χ4v) is 2.14. The molecule has 1 atom stereocenters. The molecule has 2 aromatic rings. The van der Waals surface area contributed by atoms with Crippen LogP contribution < -0.4 is 10.6 Å². The van der Waals surface area contributed by atoms with Crippen molar-refractivity contribution < 1.29 is 9.90 Å². The summed E-state index contributed by atoms with van der Waals surface area (Å²) < 4.78 is 0. The fourth-order valence-electron chi connectivity index (χ4n) is 1.94. The fraction of sp³-hybridized carbons (Fsp3) is 0.188. The van der Waals surface area contributed by atoms with Gasteiger partial charge in [0.05, 0.1) is 10.6 Å². The lowest BCUT2D eigenvalue weighted by atomic mass is 10.1. The van der Waals surface area contributed by atoms with E-state index in [1.165, 1.54) is 18.2 Å². The maximum atomic E-state index is 12.2. The molecule has 0 heterocycles. The molecule has 0 bridgehead atoms. The Morgan fingerprint density at radius 2 is 2.00 bits per heavy atom. The predicted molar refractivity (Wildman–Crippen MR) is 85.0 cm³/mol. The van der Waals surface area contributed by atoms with E-state index in [4.69, 9.17) is 11.6 Å². The van der Waals surface area contributed by atoms with Crippen molar-refractivity contribution in [3.63, 3.8) is 0 Å². The van der Waals surface area contributed by atoms with Crippen LogP contribution in [0, 0.1) is 0 Å². The molecule has 2 rings (SSSR count). The number of amides is 1. The summed E-state index contributed by atoms with van der Waals surface area (Å²) in [6.07, 6.45) is 0. The van der Waals surface area contributed by atoms with E-state index in [0.29, 0.717) is 10.7 Å². The number of carbonyl (C=O) groups excluding carboxylic acids is 1. The van der Waals surface area contributed by atoms with Crippen molar-refractivity contribution in [3.8, 4) is 5.75 Å². The van der Waals surface area contributed by atoms with E-state index >= 15 is 0 Å². The zero-order valence-electron chi connectivity index (χ0n) is 11.9. The molecule has 4 nitrogen and oxygen atoms in total. The Hall–Kier alpha value is -2.04. The highest BCUT2D eigenvalue weighted by Crippen LogP contribution is 2.23. The average molecular weight is 305 g/mol. The van der Waals surface area contributed by atoms with Gasteiger partial charge in [0.25, 0.3) is 5.91 Å². The molecule has 0 spiro atoms. The van der Waals surface area contributed by atoms with Crippen molar-refractivity contribution in [2.24, 2.45) is 0 Å². The molecule has 0 aliphatic carbocycles. The molecule has 1 amide bonds. The molecule has 1 unspecified atom stereocenters. The van der Waals surface area contributed by atoms with Crippen LogP contribution in [0.25, 0.3) is 0 Å². The summed E-state index contributed by atoms with van der Waals surface area (Å²) in [5.41, 5.74) is 1.99. The van der Waals surface area contributed by atoms with E-state index in [1.807, 2.05) is 32.2 Å². The zero-order chi connectivity index (χ0) is 15.4.